The summed E-state index contributed by atoms with van der Waals surface area (Å²) in [5, 5.41) is 6.02. The molecule has 1 aromatic heterocycles. The van der Waals surface area contributed by atoms with Gasteiger partial charge in [-0.25, -0.2) is 4.98 Å². The summed E-state index contributed by atoms with van der Waals surface area (Å²) in [6.07, 6.45) is 3.63. The Kier molecular flexibility index (Phi) is 6.17. The predicted molar refractivity (Wildman–Crippen MR) is 97.8 cm³/mol. The van der Waals surface area contributed by atoms with Gasteiger partial charge in [0.15, 0.2) is 0 Å². The number of carbonyl (C=O) groups excluding carboxylic acids is 2. The van der Waals surface area contributed by atoms with Gasteiger partial charge in [0.1, 0.15) is 11.9 Å². The maximum Gasteiger partial charge on any atom is 0.254 e. The summed E-state index contributed by atoms with van der Waals surface area (Å²) < 4.78 is 1.94. The van der Waals surface area contributed by atoms with E-state index in [0.29, 0.717) is 24.3 Å². The van der Waals surface area contributed by atoms with Gasteiger partial charge in [-0.15, -0.1) is 12.4 Å². The Hall–Kier alpha value is -2.38. The van der Waals surface area contributed by atoms with Gasteiger partial charge in [0.25, 0.3) is 5.91 Å². The first-order valence-electron chi connectivity index (χ1n) is 7.93. The van der Waals surface area contributed by atoms with E-state index < -0.39 is 0 Å². The third-order valence-electron chi connectivity index (χ3n) is 4.11. The van der Waals surface area contributed by atoms with Crippen molar-refractivity contribution in [2.24, 2.45) is 7.05 Å². The minimum Gasteiger partial charge on any atom is -0.336 e. The number of rotatable bonds is 3. The number of amides is 2. The van der Waals surface area contributed by atoms with Gasteiger partial charge in [-0.05, 0) is 24.3 Å². The van der Waals surface area contributed by atoms with Gasteiger partial charge in [-0.1, -0.05) is 0 Å². The lowest BCUT2D eigenvalue weighted by Crippen LogP contribution is -2.49. The SMILES string of the molecule is CC(=O)Nc1ccc(C(=O)N2CCNCC2c2nccn2C)cc1.Cl. The van der Waals surface area contributed by atoms with Crippen LogP contribution < -0.4 is 10.6 Å². The third-order valence-corrected chi connectivity index (χ3v) is 4.11. The van der Waals surface area contributed by atoms with Gasteiger partial charge < -0.3 is 20.1 Å². The molecule has 2 aromatic rings. The van der Waals surface area contributed by atoms with Crippen LogP contribution in [0.3, 0.4) is 0 Å². The van der Waals surface area contributed by atoms with Crippen LogP contribution in [0.1, 0.15) is 29.1 Å². The van der Waals surface area contributed by atoms with Crippen LogP contribution in [0.5, 0.6) is 0 Å². The molecule has 0 aliphatic carbocycles. The van der Waals surface area contributed by atoms with Gasteiger partial charge in [-0.2, -0.15) is 0 Å². The number of hydrogen-bond donors (Lipinski definition) is 2. The fourth-order valence-electron chi connectivity index (χ4n) is 2.94. The molecule has 3 rings (SSSR count). The number of aryl methyl sites for hydroxylation is 1. The van der Waals surface area contributed by atoms with Crippen molar-refractivity contribution >= 4 is 29.9 Å². The first-order valence-corrected chi connectivity index (χ1v) is 7.93. The molecule has 1 fully saturated rings. The number of anilines is 1. The lowest BCUT2D eigenvalue weighted by atomic mass is 10.1. The van der Waals surface area contributed by atoms with Crippen LogP contribution in [0.2, 0.25) is 0 Å². The maximum atomic E-state index is 12.9. The van der Waals surface area contributed by atoms with Crippen LogP contribution in [-0.4, -0.2) is 45.9 Å². The van der Waals surface area contributed by atoms with Crippen molar-refractivity contribution in [3.63, 3.8) is 0 Å². The highest BCUT2D eigenvalue weighted by Crippen LogP contribution is 2.23. The van der Waals surface area contributed by atoms with Gasteiger partial charge in [-0.3, -0.25) is 9.59 Å². The van der Waals surface area contributed by atoms with Crippen LogP contribution in [-0.2, 0) is 11.8 Å². The summed E-state index contributed by atoms with van der Waals surface area (Å²) >= 11 is 0. The van der Waals surface area contributed by atoms with Crippen molar-refractivity contribution in [3.05, 3.63) is 48.0 Å². The van der Waals surface area contributed by atoms with E-state index in [1.165, 1.54) is 6.92 Å². The number of imidazole rings is 1. The smallest absolute Gasteiger partial charge is 0.254 e. The summed E-state index contributed by atoms with van der Waals surface area (Å²) in [5.41, 5.74) is 1.28. The normalized spacial score (nSPS) is 16.9. The summed E-state index contributed by atoms with van der Waals surface area (Å²) in [7, 11) is 1.93. The topological polar surface area (TPSA) is 79.3 Å². The summed E-state index contributed by atoms with van der Waals surface area (Å²) in [5.74, 6) is 0.704. The number of halogens is 1. The summed E-state index contributed by atoms with van der Waals surface area (Å²) in [6, 6.07) is 6.87. The van der Waals surface area contributed by atoms with E-state index in [1.807, 2.05) is 22.7 Å². The van der Waals surface area contributed by atoms with Crippen LogP contribution in [0.4, 0.5) is 5.69 Å². The molecule has 1 atom stereocenters. The van der Waals surface area contributed by atoms with Gasteiger partial charge in [0.2, 0.25) is 5.91 Å². The molecule has 25 heavy (non-hydrogen) atoms. The summed E-state index contributed by atoms with van der Waals surface area (Å²) in [4.78, 5) is 30.3. The second kappa shape index (κ2) is 8.13. The quantitative estimate of drug-likeness (QED) is 0.867. The van der Waals surface area contributed by atoms with E-state index in [2.05, 4.69) is 15.6 Å². The zero-order valence-corrected chi connectivity index (χ0v) is 15.0. The molecule has 1 unspecified atom stereocenters. The number of carbonyl (C=O) groups is 2. The zero-order chi connectivity index (χ0) is 17.1. The summed E-state index contributed by atoms with van der Waals surface area (Å²) in [6.45, 7) is 3.53. The Labute approximate surface area is 152 Å². The molecule has 1 saturated heterocycles. The monoisotopic (exact) mass is 363 g/mol. The predicted octanol–water partition coefficient (Wildman–Crippen LogP) is 1.59. The molecule has 0 spiro atoms. The Balaban J connectivity index is 0.00000225. The van der Waals surface area contributed by atoms with E-state index >= 15 is 0 Å². The Morgan fingerprint density at radius 2 is 2.00 bits per heavy atom. The molecule has 2 N–H and O–H groups in total. The van der Waals surface area contributed by atoms with Crippen LogP contribution in [0.25, 0.3) is 0 Å². The van der Waals surface area contributed by atoms with E-state index in [9.17, 15) is 9.59 Å². The number of nitrogens with one attached hydrogen (secondary N) is 2. The van der Waals surface area contributed by atoms with Crippen molar-refractivity contribution in [2.75, 3.05) is 25.0 Å². The van der Waals surface area contributed by atoms with Crippen molar-refractivity contribution in [3.8, 4) is 0 Å². The zero-order valence-electron chi connectivity index (χ0n) is 14.2. The average Bonchev–Trinajstić information content (AvgIpc) is 3.00. The Morgan fingerprint density at radius 1 is 1.28 bits per heavy atom. The van der Waals surface area contributed by atoms with Crippen molar-refractivity contribution in [2.45, 2.75) is 13.0 Å². The molecule has 0 radical (unpaired) electrons. The molecule has 0 bridgehead atoms. The van der Waals surface area contributed by atoms with Crippen LogP contribution >= 0.6 is 12.4 Å². The molecule has 1 aromatic carbocycles. The third kappa shape index (κ3) is 4.18. The molecular formula is C17H22ClN5O2. The maximum absolute atomic E-state index is 12.9. The highest BCUT2D eigenvalue weighted by molar-refractivity contribution is 5.95. The number of nitrogens with zero attached hydrogens (tertiary/aromatic N) is 3. The molecule has 2 heterocycles. The van der Waals surface area contributed by atoms with Crippen molar-refractivity contribution in [1.82, 2.24) is 19.8 Å². The number of aromatic nitrogens is 2. The molecule has 1 aliphatic rings. The van der Waals surface area contributed by atoms with Crippen molar-refractivity contribution in [1.29, 1.82) is 0 Å². The molecule has 0 saturated carbocycles. The van der Waals surface area contributed by atoms with E-state index in [1.54, 1.807) is 30.5 Å². The molecule has 134 valence electrons. The molecule has 7 nitrogen and oxygen atoms in total. The number of hydrogen-bond acceptors (Lipinski definition) is 4. The Morgan fingerprint density at radius 3 is 2.60 bits per heavy atom. The largest absolute Gasteiger partial charge is 0.336 e. The van der Waals surface area contributed by atoms with Gasteiger partial charge in [0, 0.05) is 57.3 Å². The second-order valence-corrected chi connectivity index (χ2v) is 5.87. The van der Waals surface area contributed by atoms with Gasteiger partial charge in [0.05, 0.1) is 0 Å². The van der Waals surface area contributed by atoms with E-state index in [4.69, 9.17) is 0 Å². The number of benzene rings is 1. The molecule has 1 aliphatic heterocycles. The average molecular weight is 364 g/mol. The van der Waals surface area contributed by atoms with E-state index in [0.717, 1.165) is 12.4 Å². The first-order chi connectivity index (χ1) is 11.6. The first kappa shape index (κ1) is 19.0. The standard InChI is InChI=1S/C17H21N5O2.ClH/c1-12(23)20-14-5-3-13(4-6-14)17(24)22-10-7-18-11-15(22)16-19-8-9-21(16)2;/h3-6,8-9,15,18H,7,10-11H2,1-2H3,(H,20,23);1H. The highest BCUT2D eigenvalue weighted by Gasteiger charge is 2.30. The minimum atomic E-state index is -0.133. The van der Waals surface area contributed by atoms with Crippen molar-refractivity contribution < 1.29 is 9.59 Å². The molecule has 2 amide bonds. The van der Waals surface area contributed by atoms with Crippen LogP contribution in [0.15, 0.2) is 36.7 Å². The fraction of sp³-hybridized carbons (Fsp3) is 0.353. The second-order valence-electron chi connectivity index (χ2n) is 5.87. The highest BCUT2D eigenvalue weighted by atomic mass is 35.5. The minimum absolute atomic E-state index is 0. The fourth-order valence-corrected chi connectivity index (χ4v) is 2.94. The molecule has 8 heteroatoms. The Bertz CT molecular complexity index is 744. The van der Waals surface area contributed by atoms with Gasteiger partial charge >= 0.3 is 0 Å². The number of piperazine rings is 1. The lowest BCUT2D eigenvalue weighted by Gasteiger charge is -2.35. The van der Waals surface area contributed by atoms with E-state index in [-0.39, 0.29) is 30.3 Å². The molecular weight excluding hydrogens is 342 g/mol. The van der Waals surface area contributed by atoms with Crippen LogP contribution in [0, 0.1) is 0 Å². The lowest BCUT2D eigenvalue weighted by molar-refractivity contribution is -0.114.